The zero-order valence-corrected chi connectivity index (χ0v) is 11.6. The molecule has 3 nitrogen and oxygen atoms in total. The summed E-state index contributed by atoms with van der Waals surface area (Å²) in [6.07, 6.45) is 0. The van der Waals surface area contributed by atoms with Gasteiger partial charge in [-0.3, -0.25) is 0 Å². The first-order chi connectivity index (χ1) is 7.08. The molecule has 90 valence electrons. The highest BCUT2D eigenvalue weighted by Crippen LogP contribution is 2.38. The SMILES string of the molecule is Fc1cc(C(Cl)(Cl)Cl)nc(OC(Cl)(Cl)Cl)n1. The Morgan fingerprint density at radius 2 is 1.62 bits per heavy atom. The van der Waals surface area contributed by atoms with Gasteiger partial charge in [0.2, 0.25) is 9.74 Å². The van der Waals surface area contributed by atoms with Crippen molar-refractivity contribution in [2.75, 3.05) is 0 Å². The molecule has 0 saturated carbocycles. The Labute approximate surface area is 120 Å². The average Bonchev–Trinajstić information content (AvgIpc) is 1.97. The fourth-order valence-electron chi connectivity index (χ4n) is 0.691. The minimum Gasteiger partial charge on any atom is -0.412 e. The first-order valence-corrected chi connectivity index (χ1v) is 5.72. The zero-order valence-electron chi connectivity index (χ0n) is 7.03. The van der Waals surface area contributed by atoms with Gasteiger partial charge >= 0.3 is 9.99 Å². The first-order valence-electron chi connectivity index (χ1n) is 3.45. The maximum Gasteiger partial charge on any atom is 0.341 e. The van der Waals surface area contributed by atoms with E-state index in [4.69, 9.17) is 69.6 Å². The summed E-state index contributed by atoms with van der Waals surface area (Å²) in [5.74, 6) is -0.986. The molecule has 0 radical (unpaired) electrons. The molecular formula is C6HCl6FN2O. The van der Waals surface area contributed by atoms with Gasteiger partial charge in [0.25, 0.3) is 0 Å². The lowest BCUT2D eigenvalue weighted by molar-refractivity contribution is 0.286. The van der Waals surface area contributed by atoms with E-state index < -0.39 is 19.7 Å². The van der Waals surface area contributed by atoms with E-state index in [-0.39, 0.29) is 5.69 Å². The van der Waals surface area contributed by atoms with Crippen LogP contribution in [0.15, 0.2) is 6.07 Å². The minimum atomic E-state index is -2.14. The minimum absolute atomic E-state index is 0.241. The molecule has 0 amide bonds. The molecule has 0 aliphatic carbocycles. The fraction of sp³-hybridized carbons (Fsp3) is 0.333. The number of hydrogen-bond donors (Lipinski definition) is 0. The van der Waals surface area contributed by atoms with Gasteiger partial charge in [-0.15, -0.1) is 0 Å². The second kappa shape index (κ2) is 5.04. The predicted octanol–water partition coefficient (Wildman–Crippen LogP) is 4.15. The summed E-state index contributed by atoms with van der Waals surface area (Å²) in [5, 5.41) is 0. The lowest BCUT2D eigenvalue weighted by Crippen LogP contribution is -2.17. The van der Waals surface area contributed by atoms with Crippen LogP contribution < -0.4 is 4.74 Å². The van der Waals surface area contributed by atoms with Gasteiger partial charge in [-0.2, -0.15) is 14.4 Å². The number of rotatable bonds is 1. The molecule has 0 fully saturated rings. The Bertz CT molecular complexity index is 390. The largest absolute Gasteiger partial charge is 0.412 e. The van der Waals surface area contributed by atoms with Crippen molar-refractivity contribution in [3.05, 3.63) is 17.7 Å². The van der Waals surface area contributed by atoms with Gasteiger partial charge in [-0.25, -0.2) is 0 Å². The zero-order chi connectivity index (χ0) is 12.6. The topological polar surface area (TPSA) is 35.0 Å². The van der Waals surface area contributed by atoms with Crippen LogP contribution >= 0.6 is 69.6 Å². The molecule has 0 saturated heterocycles. The number of ether oxygens (including phenoxy) is 1. The van der Waals surface area contributed by atoms with Crippen LogP contribution in [-0.4, -0.2) is 13.9 Å². The first kappa shape index (κ1) is 14.6. The van der Waals surface area contributed by atoms with E-state index in [1.54, 1.807) is 0 Å². The van der Waals surface area contributed by atoms with Crippen LogP contribution in [0, 0.1) is 5.95 Å². The summed E-state index contributed by atoms with van der Waals surface area (Å²) in [6.45, 7) is 0. The second-order valence-electron chi connectivity index (χ2n) is 2.40. The highest BCUT2D eigenvalue weighted by atomic mass is 35.6. The van der Waals surface area contributed by atoms with Crippen LogP contribution in [-0.2, 0) is 3.79 Å². The second-order valence-corrected chi connectivity index (χ2v) is 6.86. The fourth-order valence-corrected chi connectivity index (χ4v) is 1.19. The van der Waals surface area contributed by atoms with Crippen molar-refractivity contribution >= 4 is 69.6 Å². The molecule has 0 N–H and O–H groups in total. The molecular weight excluding hydrogens is 348 g/mol. The van der Waals surface area contributed by atoms with Crippen LogP contribution in [0.25, 0.3) is 0 Å². The Kier molecular flexibility index (Phi) is 4.60. The van der Waals surface area contributed by atoms with Crippen LogP contribution in [0.4, 0.5) is 4.39 Å². The summed E-state index contributed by atoms with van der Waals surface area (Å²) in [5.41, 5.74) is -0.241. The third-order valence-electron chi connectivity index (χ3n) is 1.17. The maximum atomic E-state index is 13.0. The molecule has 1 aromatic rings. The van der Waals surface area contributed by atoms with E-state index >= 15 is 0 Å². The van der Waals surface area contributed by atoms with Gasteiger partial charge in [-0.05, 0) is 34.8 Å². The summed E-state index contributed by atoms with van der Waals surface area (Å²) in [6, 6.07) is 0.263. The predicted molar refractivity (Wildman–Crippen MR) is 62.1 cm³/mol. The third-order valence-corrected chi connectivity index (χ3v) is 1.98. The number of nitrogens with zero attached hydrogens (tertiary/aromatic N) is 2. The third kappa shape index (κ3) is 4.82. The van der Waals surface area contributed by atoms with Crippen molar-refractivity contribution in [3.63, 3.8) is 0 Å². The summed E-state index contributed by atoms with van der Waals surface area (Å²) < 4.78 is 13.5. The van der Waals surface area contributed by atoms with E-state index in [1.165, 1.54) is 0 Å². The molecule has 0 aliphatic heterocycles. The van der Waals surface area contributed by atoms with Crippen LogP contribution in [0.5, 0.6) is 6.01 Å². The lowest BCUT2D eigenvalue weighted by atomic mass is 10.4. The molecule has 0 bridgehead atoms. The van der Waals surface area contributed by atoms with E-state index in [0.29, 0.717) is 0 Å². The molecule has 0 atom stereocenters. The van der Waals surface area contributed by atoms with E-state index in [0.717, 1.165) is 6.07 Å². The molecule has 1 rings (SSSR count). The van der Waals surface area contributed by atoms with Crippen molar-refractivity contribution < 1.29 is 9.13 Å². The van der Waals surface area contributed by atoms with Crippen LogP contribution in [0.3, 0.4) is 0 Å². The molecule has 1 heterocycles. The van der Waals surface area contributed by atoms with Gasteiger partial charge in [0, 0.05) is 6.07 Å². The number of alkyl halides is 6. The maximum absolute atomic E-state index is 13.0. The standard InChI is InChI=1S/C6HCl6FN2O/c7-5(8,9)2-1-3(13)15-4(14-2)16-6(10,11)12/h1H. The smallest absolute Gasteiger partial charge is 0.341 e. The van der Waals surface area contributed by atoms with Gasteiger partial charge in [0.1, 0.15) is 5.69 Å². The average molecular weight is 349 g/mol. The lowest BCUT2D eigenvalue weighted by Gasteiger charge is -2.14. The molecule has 1 aromatic heterocycles. The molecule has 10 heteroatoms. The van der Waals surface area contributed by atoms with E-state index in [9.17, 15) is 4.39 Å². The van der Waals surface area contributed by atoms with Gasteiger partial charge in [0.15, 0.2) is 0 Å². The highest BCUT2D eigenvalue weighted by Gasteiger charge is 2.29. The van der Waals surface area contributed by atoms with Crippen molar-refractivity contribution in [1.29, 1.82) is 0 Å². The van der Waals surface area contributed by atoms with Gasteiger partial charge in [-0.1, -0.05) is 34.8 Å². The quantitative estimate of drug-likeness (QED) is 0.565. The normalized spacial score (nSPS) is 12.7. The van der Waals surface area contributed by atoms with Crippen molar-refractivity contribution in [3.8, 4) is 6.01 Å². The summed E-state index contributed by atoms with van der Waals surface area (Å²) in [4.78, 5) is 6.77. The number of hydrogen-bond acceptors (Lipinski definition) is 3. The Balaban J connectivity index is 3.09. The highest BCUT2D eigenvalue weighted by molar-refractivity contribution is 6.67. The molecule has 0 aliphatic rings. The van der Waals surface area contributed by atoms with Crippen molar-refractivity contribution in [2.45, 2.75) is 7.77 Å². The van der Waals surface area contributed by atoms with Gasteiger partial charge < -0.3 is 4.74 Å². The molecule has 0 spiro atoms. The molecule has 0 aromatic carbocycles. The Hall–Kier alpha value is 0.550. The van der Waals surface area contributed by atoms with Gasteiger partial charge in [0.05, 0.1) is 0 Å². The molecule has 16 heavy (non-hydrogen) atoms. The van der Waals surface area contributed by atoms with Crippen LogP contribution in [0.1, 0.15) is 5.69 Å². The van der Waals surface area contributed by atoms with Crippen molar-refractivity contribution in [2.24, 2.45) is 0 Å². The Morgan fingerprint density at radius 3 is 2.06 bits per heavy atom. The molecule has 0 unspecified atom stereocenters. The monoisotopic (exact) mass is 346 g/mol. The van der Waals surface area contributed by atoms with E-state index in [1.807, 2.05) is 0 Å². The summed E-state index contributed by atoms with van der Waals surface area (Å²) >= 11 is 32.4. The Morgan fingerprint density at radius 1 is 1.06 bits per heavy atom. The van der Waals surface area contributed by atoms with Crippen LogP contribution in [0.2, 0.25) is 0 Å². The van der Waals surface area contributed by atoms with E-state index in [2.05, 4.69) is 14.7 Å². The number of aromatic nitrogens is 2. The number of halogens is 7. The van der Waals surface area contributed by atoms with Crippen molar-refractivity contribution in [1.82, 2.24) is 9.97 Å². The summed E-state index contributed by atoms with van der Waals surface area (Å²) in [7, 11) is 0.